The summed E-state index contributed by atoms with van der Waals surface area (Å²) in [4.78, 5) is 18.8. The van der Waals surface area contributed by atoms with E-state index in [0.717, 1.165) is 10.9 Å². The molecule has 21 heavy (non-hydrogen) atoms. The summed E-state index contributed by atoms with van der Waals surface area (Å²) < 4.78 is 13.9. The number of carbonyl (C=O) groups excluding carboxylic acids is 1. The molecule has 0 aliphatic carbocycles. The van der Waals surface area contributed by atoms with Crippen LogP contribution in [0.2, 0.25) is 0 Å². The van der Waals surface area contributed by atoms with Gasteiger partial charge in [0.25, 0.3) is 0 Å². The molecule has 0 radical (unpaired) electrons. The van der Waals surface area contributed by atoms with Crippen molar-refractivity contribution in [2.75, 3.05) is 0 Å². The molecule has 0 saturated carbocycles. The molecule has 0 unspecified atom stereocenters. The van der Waals surface area contributed by atoms with Gasteiger partial charge >= 0.3 is 0 Å². The molecule has 3 rings (SSSR count). The van der Waals surface area contributed by atoms with Gasteiger partial charge in [-0.3, -0.25) is 4.79 Å². The van der Waals surface area contributed by atoms with Crippen molar-refractivity contribution in [3.8, 4) is 0 Å². The first-order chi connectivity index (χ1) is 10.2. The fourth-order valence-electron chi connectivity index (χ4n) is 2.21. The van der Waals surface area contributed by atoms with E-state index in [9.17, 15) is 9.18 Å². The molecule has 0 aliphatic heterocycles. The van der Waals surface area contributed by atoms with Gasteiger partial charge in [-0.15, -0.1) is 0 Å². The van der Waals surface area contributed by atoms with Gasteiger partial charge in [0.1, 0.15) is 11.5 Å². The third kappa shape index (κ3) is 2.41. The van der Waals surface area contributed by atoms with Crippen LogP contribution in [0.4, 0.5) is 4.39 Å². The second kappa shape index (κ2) is 5.20. The number of nitrogens with one attached hydrogen (secondary N) is 1. The Hall–Kier alpha value is -2.95. The normalized spacial score (nSPS) is 11.8. The molecule has 0 saturated heterocycles. The maximum Gasteiger partial charge on any atom is 0.249 e. The summed E-state index contributed by atoms with van der Waals surface area (Å²) in [6, 6.07) is 9.70. The zero-order valence-corrected chi connectivity index (χ0v) is 11.0. The van der Waals surface area contributed by atoms with E-state index >= 15 is 0 Å². The SMILES string of the molecule is NC(=O)/C(=C\c1c[nH]c2ncccc12)c1ccccc1F. The van der Waals surface area contributed by atoms with Crippen molar-refractivity contribution in [1.82, 2.24) is 9.97 Å². The highest BCUT2D eigenvalue weighted by Gasteiger charge is 2.14. The highest BCUT2D eigenvalue weighted by molar-refractivity contribution is 6.24. The molecule has 0 aliphatic rings. The lowest BCUT2D eigenvalue weighted by atomic mass is 10.0. The zero-order valence-electron chi connectivity index (χ0n) is 11.0. The van der Waals surface area contributed by atoms with Crippen molar-refractivity contribution in [2.45, 2.75) is 0 Å². The summed E-state index contributed by atoms with van der Waals surface area (Å²) >= 11 is 0. The number of fused-ring (bicyclic) bond motifs is 1. The Morgan fingerprint density at radius 3 is 2.81 bits per heavy atom. The Kier molecular flexibility index (Phi) is 3.23. The summed E-state index contributed by atoms with van der Waals surface area (Å²) in [6.45, 7) is 0. The smallest absolute Gasteiger partial charge is 0.249 e. The fraction of sp³-hybridized carbons (Fsp3) is 0. The van der Waals surface area contributed by atoms with Crippen LogP contribution < -0.4 is 5.73 Å². The van der Waals surface area contributed by atoms with Gasteiger partial charge in [-0.1, -0.05) is 18.2 Å². The van der Waals surface area contributed by atoms with Gasteiger partial charge in [-0.2, -0.15) is 0 Å². The quantitative estimate of drug-likeness (QED) is 0.724. The predicted octanol–water partition coefficient (Wildman–Crippen LogP) is 2.73. The molecule has 0 bridgehead atoms. The van der Waals surface area contributed by atoms with Crippen LogP contribution in [-0.4, -0.2) is 15.9 Å². The number of aromatic nitrogens is 2. The van der Waals surface area contributed by atoms with Gasteiger partial charge < -0.3 is 10.7 Å². The summed E-state index contributed by atoms with van der Waals surface area (Å²) in [5.41, 5.74) is 7.13. The summed E-state index contributed by atoms with van der Waals surface area (Å²) in [5, 5.41) is 0.840. The van der Waals surface area contributed by atoms with Crippen LogP contribution in [0.3, 0.4) is 0 Å². The van der Waals surface area contributed by atoms with Crippen LogP contribution in [0.5, 0.6) is 0 Å². The summed E-state index contributed by atoms with van der Waals surface area (Å²) in [7, 11) is 0. The van der Waals surface area contributed by atoms with Gasteiger partial charge in [-0.05, 0) is 24.3 Å². The highest BCUT2D eigenvalue weighted by atomic mass is 19.1. The molecule has 5 heteroatoms. The second-order valence-electron chi connectivity index (χ2n) is 4.55. The van der Waals surface area contributed by atoms with Crippen molar-refractivity contribution in [3.05, 3.63) is 65.7 Å². The van der Waals surface area contributed by atoms with Crippen LogP contribution in [0.15, 0.2) is 48.8 Å². The summed E-state index contributed by atoms with van der Waals surface area (Å²) in [5.74, 6) is -1.17. The molecule has 4 nitrogen and oxygen atoms in total. The molecular formula is C16H12FN3O. The van der Waals surface area contributed by atoms with Gasteiger partial charge in [0, 0.05) is 34.5 Å². The van der Waals surface area contributed by atoms with E-state index in [0.29, 0.717) is 5.65 Å². The molecular weight excluding hydrogens is 269 g/mol. The fourth-order valence-corrected chi connectivity index (χ4v) is 2.21. The molecule has 3 aromatic rings. The van der Waals surface area contributed by atoms with Gasteiger partial charge in [-0.25, -0.2) is 9.37 Å². The molecule has 0 fully saturated rings. The number of benzene rings is 1. The van der Waals surface area contributed by atoms with Crippen molar-refractivity contribution in [3.63, 3.8) is 0 Å². The lowest BCUT2D eigenvalue weighted by Crippen LogP contribution is -2.13. The number of nitrogens with zero attached hydrogens (tertiary/aromatic N) is 1. The zero-order chi connectivity index (χ0) is 14.8. The van der Waals surface area contributed by atoms with Gasteiger partial charge in [0.05, 0.1) is 0 Å². The van der Waals surface area contributed by atoms with E-state index in [1.807, 2.05) is 6.07 Å². The maximum atomic E-state index is 13.9. The van der Waals surface area contributed by atoms with Crippen LogP contribution in [0, 0.1) is 5.82 Å². The first kappa shape index (κ1) is 13.1. The van der Waals surface area contributed by atoms with E-state index in [2.05, 4.69) is 9.97 Å². The Morgan fingerprint density at radius 1 is 1.24 bits per heavy atom. The van der Waals surface area contributed by atoms with Gasteiger partial charge in [0.2, 0.25) is 5.91 Å². The van der Waals surface area contributed by atoms with Crippen LogP contribution in [0.1, 0.15) is 11.1 Å². The van der Waals surface area contributed by atoms with Crippen LogP contribution >= 0.6 is 0 Å². The number of amides is 1. The highest BCUT2D eigenvalue weighted by Crippen LogP contribution is 2.24. The lowest BCUT2D eigenvalue weighted by molar-refractivity contribution is -0.112. The Labute approximate surface area is 120 Å². The topological polar surface area (TPSA) is 71.8 Å². The standard InChI is InChI=1S/C16H12FN3O/c17-14-6-2-1-4-12(14)13(15(18)21)8-10-9-20-16-11(10)5-3-7-19-16/h1-9H,(H2,18,21)(H,19,20)/b13-8-. The van der Waals surface area contributed by atoms with Gasteiger partial charge in [0.15, 0.2) is 0 Å². The van der Waals surface area contributed by atoms with Crippen molar-refractivity contribution in [2.24, 2.45) is 5.73 Å². The van der Waals surface area contributed by atoms with Crippen molar-refractivity contribution in [1.29, 1.82) is 0 Å². The van der Waals surface area contributed by atoms with E-state index in [1.54, 1.807) is 36.7 Å². The second-order valence-corrected chi connectivity index (χ2v) is 4.55. The number of halogens is 1. The lowest BCUT2D eigenvalue weighted by Gasteiger charge is -2.05. The minimum atomic E-state index is -0.682. The molecule has 3 N–H and O–H groups in total. The average molecular weight is 281 g/mol. The first-order valence-corrected chi connectivity index (χ1v) is 6.35. The molecule has 104 valence electrons. The van der Waals surface area contributed by atoms with E-state index in [1.165, 1.54) is 12.1 Å². The monoisotopic (exact) mass is 281 g/mol. The Bertz CT molecular complexity index is 851. The number of pyridine rings is 1. The molecule has 1 amide bonds. The molecule has 0 spiro atoms. The van der Waals surface area contributed by atoms with Crippen LogP contribution in [-0.2, 0) is 4.79 Å². The minimum Gasteiger partial charge on any atom is -0.366 e. The number of nitrogens with two attached hydrogens (primary N) is 1. The third-order valence-corrected chi connectivity index (χ3v) is 3.21. The maximum absolute atomic E-state index is 13.9. The largest absolute Gasteiger partial charge is 0.366 e. The number of rotatable bonds is 3. The Balaban J connectivity index is 2.18. The average Bonchev–Trinajstić information content (AvgIpc) is 2.89. The number of aromatic amines is 1. The van der Waals surface area contributed by atoms with Crippen molar-refractivity contribution >= 4 is 28.6 Å². The molecule has 1 aromatic carbocycles. The Morgan fingerprint density at radius 2 is 2.05 bits per heavy atom. The third-order valence-electron chi connectivity index (χ3n) is 3.21. The van der Waals surface area contributed by atoms with E-state index < -0.39 is 11.7 Å². The van der Waals surface area contributed by atoms with Crippen molar-refractivity contribution < 1.29 is 9.18 Å². The number of hydrogen-bond donors (Lipinski definition) is 2. The van der Waals surface area contributed by atoms with Crippen LogP contribution in [0.25, 0.3) is 22.7 Å². The molecule has 2 aromatic heterocycles. The summed E-state index contributed by atoms with van der Waals surface area (Å²) in [6.07, 6.45) is 4.95. The molecule has 2 heterocycles. The number of carbonyl (C=O) groups is 1. The minimum absolute atomic E-state index is 0.123. The molecule has 0 atom stereocenters. The number of hydrogen-bond acceptors (Lipinski definition) is 2. The predicted molar refractivity (Wildman–Crippen MR) is 79.6 cm³/mol. The van der Waals surface area contributed by atoms with E-state index in [-0.39, 0.29) is 11.1 Å². The first-order valence-electron chi connectivity index (χ1n) is 6.35. The van der Waals surface area contributed by atoms with E-state index in [4.69, 9.17) is 5.73 Å². The number of primary amides is 1. The number of H-pyrrole nitrogens is 1.